The molecule has 0 radical (unpaired) electrons. The van der Waals surface area contributed by atoms with Gasteiger partial charge in [0, 0.05) is 11.8 Å². The minimum atomic E-state index is 0.625. The van der Waals surface area contributed by atoms with E-state index in [-0.39, 0.29) is 0 Å². The van der Waals surface area contributed by atoms with E-state index in [9.17, 15) is 0 Å². The zero-order valence-electron chi connectivity index (χ0n) is 8.20. The van der Waals surface area contributed by atoms with Gasteiger partial charge in [0.05, 0.1) is 11.2 Å². The summed E-state index contributed by atoms with van der Waals surface area (Å²) in [5, 5.41) is 1.12. The lowest BCUT2D eigenvalue weighted by atomic mass is 10.1. The summed E-state index contributed by atoms with van der Waals surface area (Å²) in [7, 11) is 0. The molecule has 0 saturated carbocycles. The lowest BCUT2D eigenvalue weighted by molar-refractivity contribution is 0.925. The van der Waals surface area contributed by atoms with Crippen LogP contribution in [0, 0.1) is 6.92 Å². The third kappa shape index (κ3) is 1.46. The molecule has 0 aliphatic heterocycles. The fourth-order valence-electron chi connectivity index (χ4n) is 1.62. The molecule has 2 rings (SSSR count). The average molecular weight is 187 g/mol. The van der Waals surface area contributed by atoms with Gasteiger partial charge < -0.3 is 5.73 Å². The summed E-state index contributed by atoms with van der Waals surface area (Å²) < 4.78 is 0. The molecule has 1 heterocycles. The lowest BCUT2D eigenvalue weighted by Crippen LogP contribution is -2.05. The van der Waals surface area contributed by atoms with E-state index in [1.54, 1.807) is 6.33 Å². The van der Waals surface area contributed by atoms with Gasteiger partial charge in [0.2, 0.25) is 0 Å². The number of rotatable bonds is 2. The molecule has 72 valence electrons. The number of hydrogen-bond donors (Lipinski definition) is 1. The molecule has 0 unspecified atom stereocenters. The Bertz CT molecular complexity index is 451. The van der Waals surface area contributed by atoms with Crippen molar-refractivity contribution in [2.75, 3.05) is 6.54 Å². The van der Waals surface area contributed by atoms with Gasteiger partial charge in [0.1, 0.15) is 6.33 Å². The van der Waals surface area contributed by atoms with E-state index in [1.807, 2.05) is 12.1 Å². The number of aromatic nitrogens is 2. The Labute approximate surface area is 83.0 Å². The quantitative estimate of drug-likeness (QED) is 0.774. The van der Waals surface area contributed by atoms with Crippen LogP contribution in [0.3, 0.4) is 0 Å². The Kier molecular flexibility index (Phi) is 2.41. The van der Waals surface area contributed by atoms with Crippen molar-refractivity contribution in [1.29, 1.82) is 0 Å². The molecule has 0 bridgehead atoms. The Hall–Kier alpha value is -1.48. The van der Waals surface area contributed by atoms with Crippen molar-refractivity contribution in [3.8, 4) is 0 Å². The second-order valence-electron chi connectivity index (χ2n) is 3.33. The van der Waals surface area contributed by atoms with Crippen molar-refractivity contribution in [1.82, 2.24) is 9.97 Å². The van der Waals surface area contributed by atoms with Crippen LogP contribution in [0.1, 0.15) is 11.3 Å². The molecule has 2 N–H and O–H groups in total. The number of nitrogens with zero attached hydrogens (tertiary/aromatic N) is 2. The molecule has 1 aromatic heterocycles. The normalized spacial score (nSPS) is 10.7. The van der Waals surface area contributed by atoms with Crippen LogP contribution in [-0.4, -0.2) is 16.5 Å². The van der Waals surface area contributed by atoms with E-state index in [4.69, 9.17) is 5.73 Å². The molecule has 0 atom stereocenters. The summed E-state index contributed by atoms with van der Waals surface area (Å²) in [5.41, 5.74) is 8.79. The maximum absolute atomic E-state index is 5.53. The first kappa shape index (κ1) is 9.09. The Morgan fingerprint density at radius 1 is 1.29 bits per heavy atom. The molecule has 3 nitrogen and oxygen atoms in total. The monoisotopic (exact) mass is 187 g/mol. The third-order valence-electron chi connectivity index (χ3n) is 2.33. The topological polar surface area (TPSA) is 51.8 Å². The highest BCUT2D eigenvalue weighted by atomic mass is 14.8. The van der Waals surface area contributed by atoms with Crippen molar-refractivity contribution in [2.45, 2.75) is 13.3 Å². The maximum atomic E-state index is 5.53. The molecular weight excluding hydrogens is 174 g/mol. The first-order valence-electron chi connectivity index (χ1n) is 4.72. The number of para-hydroxylation sites is 1. The number of nitrogens with two attached hydrogens (primary N) is 1. The van der Waals surface area contributed by atoms with Crippen LogP contribution < -0.4 is 5.73 Å². The Balaban J connectivity index is 2.68. The van der Waals surface area contributed by atoms with Crippen molar-refractivity contribution in [3.05, 3.63) is 35.8 Å². The summed E-state index contributed by atoms with van der Waals surface area (Å²) in [5.74, 6) is 0. The summed E-state index contributed by atoms with van der Waals surface area (Å²) in [4.78, 5) is 8.52. The molecule has 0 aliphatic carbocycles. The number of benzene rings is 1. The van der Waals surface area contributed by atoms with E-state index in [1.165, 1.54) is 5.56 Å². The highest BCUT2D eigenvalue weighted by Crippen LogP contribution is 2.17. The van der Waals surface area contributed by atoms with Gasteiger partial charge in [-0.1, -0.05) is 18.2 Å². The summed E-state index contributed by atoms with van der Waals surface area (Å²) in [6, 6.07) is 6.13. The van der Waals surface area contributed by atoms with Crippen molar-refractivity contribution >= 4 is 10.9 Å². The highest BCUT2D eigenvalue weighted by molar-refractivity contribution is 5.83. The highest BCUT2D eigenvalue weighted by Gasteiger charge is 2.03. The lowest BCUT2D eigenvalue weighted by Gasteiger charge is -2.04. The second kappa shape index (κ2) is 3.72. The van der Waals surface area contributed by atoms with Gasteiger partial charge in [0.25, 0.3) is 0 Å². The fraction of sp³-hybridized carbons (Fsp3) is 0.273. The number of hydrogen-bond acceptors (Lipinski definition) is 3. The van der Waals surface area contributed by atoms with E-state index < -0.39 is 0 Å². The Morgan fingerprint density at radius 3 is 2.93 bits per heavy atom. The van der Waals surface area contributed by atoms with Crippen LogP contribution in [0.25, 0.3) is 10.9 Å². The van der Waals surface area contributed by atoms with Crippen LogP contribution >= 0.6 is 0 Å². The van der Waals surface area contributed by atoms with E-state index >= 15 is 0 Å². The van der Waals surface area contributed by atoms with E-state index in [2.05, 4.69) is 23.0 Å². The SMILES string of the molecule is Cc1cccc2c(CCN)ncnc12. The molecule has 0 amide bonds. The van der Waals surface area contributed by atoms with Gasteiger partial charge in [0.15, 0.2) is 0 Å². The summed E-state index contributed by atoms with van der Waals surface area (Å²) in [6.45, 7) is 2.68. The van der Waals surface area contributed by atoms with Gasteiger partial charge in [-0.2, -0.15) is 0 Å². The van der Waals surface area contributed by atoms with Gasteiger partial charge >= 0.3 is 0 Å². The first-order valence-corrected chi connectivity index (χ1v) is 4.72. The number of fused-ring (bicyclic) bond motifs is 1. The minimum absolute atomic E-state index is 0.625. The molecule has 0 fully saturated rings. The predicted molar refractivity (Wildman–Crippen MR) is 57.0 cm³/mol. The molecule has 14 heavy (non-hydrogen) atoms. The zero-order chi connectivity index (χ0) is 9.97. The molecule has 0 saturated heterocycles. The zero-order valence-corrected chi connectivity index (χ0v) is 8.20. The maximum Gasteiger partial charge on any atom is 0.116 e. The summed E-state index contributed by atoms with van der Waals surface area (Å²) >= 11 is 0. The number of aryl methyl sites for hydroxylation is 1. The van der Waals surface area contributed by atoms with Gasteiger partial charge in [-0.3, -0.25) is 0 Å². The second-order valence-corrected chi connectivity index (χ2v) is 3.33. The third-order valence-corrected chi connectivity index (χ3v) is 2.33. The Morgan fingerprint density at radius 2 is 2.14 bits per heavy atom. The molecule has 2 aromatic rings. The largest absolute Gasteiger partial charge is 0.330 e. The summed E-state index contributed by atoms with van der Waals surface area (Å²) in [6.07, 6.45) is 2.42. The van der Waals surface area contributed by atoms with Crippen molar-refractivity contribution in [3.63, 3.8) is 0 Å². The van der Waals surface area contributed by atoms with Crippen LogP contribution in [-0.2, 0) is 6.42 Å². The van der Waals surface area contributed by atoms with Gasteiger partial charge in [-0.15, -0.1) is 0 Å². The first-order chi connectivity index (χ1) is 6.83. The minimum Gasteiger partial charge on any atom is -0.330 e. The smallest absolute Gasteiger partial charge is 0.116 e. The van der Waals surface area contributed by atoms with E-state index in [0.29, 0.717) is 6.54 Å². The molecule has 0 aliphatic rings. The van der Waals surface area contributed by atoms with E-state index in [0.717, 1.165) is 23.0 Å². The molecule has 3 heteroatoms. The standard InChI is InChI=1S/C11H13N3/c1-8-3-2-4-9-10(5-6-12)13-7-14-11(8)9/h2-4,7H,5-6,12H2,1H3. The molecular formula is C11H13N3. The van der Waals surface area contributed by atoms with Gasteiger partial charge in [-0.05, 0) is 19.0 Å². The van der Waals surface area contributed by atoms with Crippen molar-refractivity contribution in [2.24, 2.45) is 5.73 Å². The molecule has 1 aromatic carbocycles. The average Bonchev–Trinajstić information content (AvgIpc) is 2.20. The van der Waals surface area contributed by atoms with Crippen LogP contribution in [0.15, 0.2) is 24.5 Å². The van der Waals surface area contributed by atoms with Crippen LogP contribution in [0.4, 0.5) is 0 Å². The molecule has 0 spiro atoms. The van der Waals surface area contributed by atoms with Crippen molar-refractivity contribution < 1.29 is 0 Å². The fourth-order valence-corrected chi connectivity index (χ4v) is 1.62. The predicted octanol–water partition coefficient (Wildman–Crippen LogP) is 1.44. The van der Waals surface area contributed by atoms with Crippen LogP contribution in [0.2, 0.25) is 0 Å². The van der Waals surface area contributed by atoms with Gasteiger partial charge in [-0.25, -0.2) is 9.97 Å². The van der Waals surface area contributed by atoms with Crippen LogP contribution in [0.5, 0.6) is 0 Å².